The summed E-state index contributed by atoms with van der Waals surface area (Å²) >= 11 is 0. The van der Waals surface area contributed by atoms with Gasteiger partial charge in [-0.05, 0) is 44.4 Å². The number of pyridine rings is 1. The number of amides is 2. The number of carbonyl (C=O) groups excluding carboxylic acids is 2. The number of nitrogens with one attached hydrogen (secondary N) is 1. The Hall–Kier alpha value is -1.95. The van der Waals surface area contributed by atoms with Crippen molar-refractivity contribution in [1.29, 1.82) is 0 Å². The van der Waals surface area contributed by atoms with Crippen molar-refractivity contribution in [1.82, 2.24) is 20.1 Å². The molecular formula is C18H26N4O2. The third kappa shape index (κ3) is 3.93. The molecule has 3 rings (SSSR count). The fourth-order valence-electron chi connectivity index (χ4n) is 4.00. The Balaban J connectivity index is 1.54. The topological polar surface area (TPSA) is 65.5 Å². The van der Waals surface area contributed by atoms with Crippen LogP contribution in [0.4, 0.5) is 0 Å². The zero-order valence-electron chi connectivity index (χ0n) is 14.3. The lowest BCUT2D eigenvalue weighted by atomic mass is 10.0. The minimum atomic E-state index is 0.0277. The molecule has 24 heavy (non-hydrogen) atoms. The molecule has 2 aliphatic rings. The summed E-state index contributed by atoms with van der Waals surface area (Å²) < 4.78 is 0. The Morgan fingerprint density at radius 1 is 1.21 bits per heavy atom. The average molecular weight is 330 g/mol. The SMILES string of the molecule is CC(=O)N1CCC[C@@H]1[C@@H]1CCCN1CC(=O)NCc1ccccn1. The number of hydrogen-bond donors (Lipinski definition) is 1. The molecule has 0 radical (unpaired) electrons. The molecule has 1 aromatic rings. The minimum Gasteiger partial charge on any atom is -0.349 e. The third-order valence-corrected chi connectivity index (χ3v) is 5.10. The Morgan fingerprint density at radius 3 is 2.75 bits per heavy atom. The molecule has 0 aromatic carbocycles. The van der Waals surface area contributed by atoms with E-state index in [1.807, 2.05) is 23.1 Å². The van der Waals surface area contributed by atoms with Crippen LogP contribution in [0.5, 0.6) is 0 Å². The van der Waals surface area contributed by atoms with Crippen molar-refractivity contribution in [2.75, 3.05) is 19.6 Å². The van der Waals surface area contributed by atoms with E-state index < -0.39 is 0 Å². The van der Waals surface area contributed by atoms with Gasteiger partial charge in [-0.1, -0.05) is 6.07 Å². The molecule has 3 heterocycles. The summed E-state index contributed by atoms with van der Waals surface area (Å²) in [5.41, 5.74) is 0.863. The van der Waals surface area contributed by atoms with Crippen LogP contribution in [0, 0.1) is 0 Å². The van der Waals surface area contributed by atoms with Gasteiger partial charge in [0.1, 0.15) is 0 Å². The van der Waals surface area contributed by atoms with E-state index in [4.69, 9.17) is 0 Å². The number of rotatable bonds is 5. The van der Waals surface area contributed by atoms with E-state index in [-0.39, 0.29) is 17.9 Å². The maximum Gasteiger partial charge on any atom is 0.234 e. The molecule has 0 unspecified atom stereocenters. The van der Waals surface area contributed by atoms with Crippen LogP contribution in [-0.4, -0.2) is 58.3 Å². The molecule has 2 atom stereocenters. The van der Waals surface area contributed by atoms with Gasteiger partial charge in [0.15, 0.2) is 0 Å². The highest BCUT2D eigenvalue weighted by molar-refractivity contribution is 5.78. The van der Waals surface area contributed by atoms with Crippen molar-refractivity contribution in [3.05, 3.63) is 30.1 Å². The maximum absolute atomic E-state index is 12.3. The second kappa shape index (κ2) is 7.75. The van der Waals surface area contributed by atoms with Crippen molar-refractivity contribution in [3.63, 3.8) is 0 Å². The van der Waals surface area contributed by atoms with Crippen LogP contribution in [0.2, 0.25) is 0 Å². The van der Waals surface area contributed by atoms with Gasteiger partial charge in [0.25, 0.3) is 0 Å². The zero-order valence-corrected chi connectivity index (χ0v) is 14.3. The third-order valence-electron chi connectivity index (χ3n) is 5.10. The van der Waals surface area contributed by atoms with Crippen LogP contribution in [0.1, 0.15) is 38.3 Å². The van der Waals surface area contributed by atoms with Crippen molar-refractivity contribution in [2.24, 2.45) is 0 Å². The lowest BCUT2D eigenvalue weighted by molar-refractivity contribution is -0.130. The monoisotopic (exact) mass is 330 g/mol. The van der Waals surface area contributed by atoms with E-state index in [0.29, 0.717) is 19.1 Å². The molecule has 0 spiro atoms. The van der Waals surface area contributed by atoms with Crippen molar-refractivity contribution in [2.45, 2.75) is 51.2 Å². The largest absolute Gasteiger partial charge is 0.349 e. The van der Waals surface area contributed by atoms with Crippen LogP contribution in [0.15, 0.2) is 24.4 Å². The lowest BCUT2D eigenvalue weighted by Crippen LogP contribution is -2.50. The summed E-state index contributed by atoms with van der Waals surface area (Å²) in [6.07, 6.45) is 6.02. The highest BCUT2D eigenvalue weighted by atomic mass is 16.2. The summed E-state index contributed by atoms with van der Waals surface area (Å²) in [5.74, 6) is 0.184. The fourth-order valence-corrected chi connectivity index (χ4v) is 4.00. The second-order valence-electron chi connectivity index (χ2n) is 6.70. The summed E-state index contributed by atoms with van der Waals surface area (Å²) in [6, 6.07) is 6.28. The van der Waals surface area contributed by atoms with E-state index in [9.17, 15) is 9.59 Å². The van der Waals surface area contributed by atoms with Gasteiger partial charge in [0, 0.05) is 31.7 Å². The van der Waals surface area contributed by atoms with Crippen molar-refractivity contribution < 1.29 is 9.59 Å². The second-order valence-corrected chi connectivity index (χ2v) is 6.70. The average Bonchev–Trinajstić information content (AvgIpc) is 3.22. The number of carbonyl (C=O) groups is 2. The molecule has 6 heteroatoms. The van der Waals surface area contributed by atoms with Gasteiger partial charge >= 0.3 is 0 Å². The molecule has 2 fully saturated rings. The smallest absolute Gasteiger partial charge is 0.234 e. The maximum atomic E-state index is 12.3. The van der Waals surface area contributed by atoms with Crippen molar-refractivity contribution >= 4 is 11.8 Å². The number of hydrogen-bond acceptors (Lipinski definition) is 4. The van der Waals surface area contributed by atoms with Gasteiger partial charge in [-0.15, -0.1) is 0 Å². The van der Waals surface area contributed by atoms with Gasteiger partial charge in [-0.3, -0.25) is 19.5 Å². The quantitative estimate of drug-likeness (QED) is 0.880. The zero-order chi connectivity index (χ0) is 16.9. The highest BCUT2D eigenvalue weighted by Crippen LogP contribution is 2.29. The Labute approximate surface area is 143 Å². The summed E-state index contributed by atoms with van der Waals surface area (Å²) in [5, 5.41) is 2.95. The Morgan fingerprint density at radius 2 is 2.00 bits per heavy atom. The predicted molar refractivity (Wildman–Crippen MR) is 91.1 cm³/mol. The summed E-state index contributed by atoms with van der Waals surface area (Å²) in [6.45, 7) is 4.30. The Kier molecular flexibility index (Phi) is 5.45. The first-order chi connectivity index (χ1) is 11.6. The normalized spacial score (nSPS) is 24.3. The Bertz CT molecular complexity index is 578. The molecule has 0 saturated carbocycles. The van der Waals surface area contributed by atoms with Gasteiger partial charge in [0.05, 0.1) is 18.8 Å². The highest BCUT2D eigenvalue weighted by Gasteiger charge is 2.39. The summed E-state index contributed by atoms with van der Waals surface area (Å²) in [4.78, 5) is 32.6. The van der Waals surface area contributed by atoms with Gasteiger partial charge in [0.2, 0.25) is 11.8 Å². The molecule has 1 aromatic heterocycles. The van der Waals surface area contributed by atoms with Crippen LogP contribution in [-0.2, 0) is 16.1 Å². The van der Waals surface area contributed by atoms with Gasteiger partial charge in [-0.25, -0.2) is 0 Å². The fraction of sp³-hybridized carbons (Fsp3) is 0.611. The summed E-state index contributed by atoms with van der Waals surface area (Å²) in [7, 11) is 0. The minimum absolute atomic E-state index is 0.0277. The van der Waals surface area contributed by atoms with Crippen molar-refractivity contribution in [3.8, 4) is 0 Å². The van der Waals surface area contributed by atoms with Gasteiger partial charge in [-0.2, -0.15) is 0 Å². The van der Waals surface area contributed by atoms with Crippen LogP contribution in [0.25, 0.3) is 0 Å². The van der Waals surface area contributed by atoms with E-state index in [2.05, 4.69) is 15.2 Å². The predicted octanol–water partition coefficient (Wildman–Crippen LogP) is 1.17. The standard InChI is InChI=1S/C18H26N4O2/c1-14(23)22-11-5-8-17(22)16-7-4-10-21(16)13-18(24)20-12-15-6-2-3-9-19-15/h2-3,6,9,16-17H,4-5,7-8,10-13H2,1H3,(H,20,24)/t16-,17+/m0/s1. The number of likely N-dealkylation sites (tertiary alicyclic amines) is 2. The van der Waals surface area contributed by atoms with E-state index in [0.717, 1.165) is 44.5 Å². The molecular weight excluding hydrogens is 304 g/mol. The van der Waals surface area contributed by atoms with E-state index >= 15 is 0 Å². The molecule has 2 amide bonds. The van der Waals surface area contributed by atoms with E-state index in [1.54, 1.807) is 13.1 Å². The van der Waals surface area contributed by atoms with E-state index in [1.165, 1.54) is 0 Å². The van der Waals surface area contributed by atoms with Crippen LogP contribution < -0.4 is 5.32 Å². The molecule has 0 aliphatic carbocycles. The first kappa shape index (κ1) is 16.9. The molecule has 6 nitrogen and oxygen atoms in total. The molecule has 0 bridgehead atoms. The molecule has 130 valence electrons. The first-order valence-corrected chi connectivity index (χ1v) is 8.83. The first-order valence-electron chi connectivity index (χ1n) is 8.83. The lowest BCUT2D eigenvalue weighted by Gasteiger charge is -2.34. The molecule has 2 saturated heterocycles. The molecule has 2 aliphatic heterocycles. The number of nitrogens with zero attached hydrogens (tertiary/aromatic N) is 3. The van der Waals surface area contributed by atoms with Gasteiger partial charge < -0.3 is 10.2 Å². The van der Waals surface area contributed by atoms with Crippen LogP contribution in [0.3, 0.4) is 0 Å². The molecule has 1 N–H and O–H groups in total. The number of aromatic nitrogens is 1. The van der Waals surface area contributed by atoms with Crippen LogP contribution >= 0.6 is 0 Å².